The maximum Gasteiger partial charge on any atom is 0.274 e. The summed E-state index contributed by atoms with van der Waals surface area (Å²) in [6.07, 6.45) is 5.10. The van der Waals surface area contributed by atoms with E-state index in [-0.39, 0.29) is 23.0 Å². The van der Waals surface area contributed by atoms with Gasteiger partial charge in [-0.15, -0.1) is 0 Å². The standard InChI is InChI=1S/C19H21ClFN3O2/c1-24-9-22-17(12-4-10-6-14(25)7-11(10)5-12)18(24)19(26)23-13-2-3-16(21)15(20)8-13/h2-3,8-12,14,25H,4-7H2,1H3,(H,23,26). The molecular formula is C19H21ClFN3O2. The van der Waals surface area contributed by atoms with E-state index in [2.05, 4.69) is 10.3 Å². The van der Waals surface area contributed by atoms with Crippen molar-refractivity contribution in [3.8, 4) is 0 Å². The van der Waals surface area contributed by atoms with Crippen LogP contribution in [-0.2, 0) is 7.05 Å². The van der Waals surface area contributed by atoms with Crippen LogP contribution in [0.4, 0.5) is 10.1 Å². The molecule has 2 aromatic rings. The number of aryl methyl sites for hydroxylation is 1. The van der Waals surface area contributed by atoms with Crippen LogP contribution in [0.1, 0.15) is 47.8 Å². The van der Waals surface area contributed by atoms with Crippen LogP contribution in [0, 0.1) is 17.7 Å². The molecule has 1 aromatic carbocycles. The highest BCUT2D eigenvalue weighted by Crippen LogP contribution is 2.50. The quantitative estimate of drug-likeness (QED) is 0.856. The number of amides is 1. The second-order valence-electron chi connectivity index (χ2n) is 7.49. The van der Waals surface area contributed by atoms with E-state index < -0.39 is 5.82 Å². The molecule has 0 spiro atoms. The zero-order valence-corrected chi connectivity index (χ0v) is 15.2. The minimum Gasteiger partial charge on any atom is -0.393 e. The monoisotopic (exact) mass is 377 g/mol. The Morgan fingerprint density at radius 3 is 2.65 bits per heavy atom. The third-order valence-corrected chi connectivity index (χ3v) is 6.03. The number of hydrogen-bond donors (Lipinski definition) is 2. The predicted octanol–water partition coefficient (Wildman–Crippen LogP) is 3.73. The number of carbonyl (C=O) groups is 1. The van der Waals surface area contributed by atoms with Gasteiger partial charge in [0.25, 0.3) is 5.91 Å². The van der Waals surface area contributed by atoms with Crippen molar-refractivity contribution >= 4 is 23.2 Å². The lowest BCUT2D eigenvalue weighted by atomic mass is 9.97. The average Bonchev–Trinajstić information content (AvgIpc) is 3.23. The normalized spacial score (nSPS) is 27.5. The van der Waals surface area contributed by atoms with E-state index in [1.54, 1.807) is 17.9 Å². The van der Waals surface area contributed by atoms with Crippen LogP contribution in [0.25, 0.3) is 0 Å². The first-order valence-corrected chi connectivity index (χ1v) is 9.26. The Bertz CT molecular complexity index is 839. The van der Waals surface area contributed by atoms with Crippen molar-refractivity contribution in [3.05, 3.63) is 46.8 Å². The van der Waals surface area contributed by atoms with Crippen molar-refractivity contribution in [2.75, 3.05) is 5.32 Å². The highest BCUT2D eigenvalue weighted by Gasteiger charge is 2.43. The lowest BCUT2D eigenvalue weighted by molar-refractivity contribution is 0.101. The molecule has 0 saturated heterocycles. The fourth-order valence-electron chi connectivity index (χ4n) is 4.60. The molecule has 2 aliphatic rings. The first kappa shape index (κ1) is 17.5. The minimum atomic E-state index is -0.523. The van der Waals surface area contributed by atoms with Gasteiger partial charge in [0, 0.05) is 18.7 Å². The number of rotatable bonds is 3. The van der Waals surface area contributed by atoms with Gasteiger partial charge in [-0.25, -0.2) is 9.37 Å². The molecule has 2 aliphatic carbocycles. The first-order chi connectivity index (χ1) is 12.4. The Labute approximate surface area is 156 Å². The number of anilines is 1. The van der Waals surface area contributed by atoms with Crippen LogP contribution < -0.4 is 5.32 Å². The van der Waals surface area contributed by atoms with Gasteiger partial charge in [-0.1, -0.05) is 11.6 Å². The van der Waals surface area contributed by atoms with Crippen molar-refractivity contribution < 1.29 is 14.3 Å². The first-order valence-electron chi connectivity index (χ1n) is 8.88. The molecule has 4 rings (SSSR count). The summed E-state index contributed by atoms with van der Waals surface area (Å²) in [5.74, 6) is 0.467. The molecular weight excluding hydrogens is 357 g/mol. The van der Waals surface area contributed by atoms with E-state index in [0.717, 1.165) is 31.4 Å². The SMILES string of the molecule is Cn1cnc(C2CC3CC(O)CC3C2)c1C(=O)Nc1ccc(F)c(Cl)c1. The summed E-state index contributed by atoms with van der Waals surface area (Å²) in [7, 11) is 1.79. The lowest BCUT2D eigenvalue weighted by Gasteiger charge is -2.14. The summed E-state index contributed by atoms with van der Waals surface area (Å²) in [5.41, 5.74) is 1.78. The molecule has 5 nitrogen and oxygen atoms in total. The molecule has 0 bridgehead atoms. The van der Waals surface area contributed by atoms with Gasteiger partial charge in [0.05, 0.1) is 23.1 Å². The van der Waals surface area contributed by atoms with E-state index in [9.17, 15) is 14.3 Å². The maximum atomic E-state index is 13.3. The lowest BCUT2D eigenvalue weighted by Crippen LogP contribution is -2.18. The van der Waals surface area contributed by atoms with Crippen molar-refractivity contribution in [2.24, 2.45) is 18.9 Å². The van der Waals surface area contributed by atoms with Gasteiger partial charge in [0.2, 0.25) is 0 Å². The number of aliphatic hydroxyl groups excluding tert-OH is 1. The summed E-state index contributed by atoms with van der Waals surface area (Å²) in [6.45, 7) is 0. The molecule has 2 atom stereocenters. The minimum absolute atomic E-state index is 0.0322. The van der Waals surface area contributed by atoms with Crippen LogP contribution in [0.5, 0.6) is 0 Å². The highest BCUT2D eigenvalue weighted by molar-refractivity contribution is 6.31. The molecule has 1 aromatic heterocycles. The van der Waals surface area contributed by atoms with Gasteiger partial charge in [-0.2, -0.15) is 0 Å². The van der Waals surface area contributed by atoms with Crippen molar-refractivity contribution in [3.63, 3.8) is 0 Å². The molecule has 2 N–H and O–H groups in total. The fraction of sp³-hybridized carbons (Fsp3) is 0.474. The van der Waals surface area contributed by atoms with Gasteiger partial charge < -0.3 is 15.0 Å². The number of aliphatic hydroxyl groups is 1. The number of aromatic nitrogens is 2. The third kappa shape index (κ3) is 3.12. The van der Waals surface area contributed by atoms with E-state index in [1.807, 2.05) is 0 Å². The van der Waals surface area contributed by atoms with Gasteiger partial charge in [-0.05, 0) is 55.7 Å². The van der Waals surface area contributed by atoms with E-state index in [4.69, 9.17) is 11.6 Å². The summed E-state index contributed by atoms with van der Waals surface area (Å²) in [4.78, 5) is 17.3. The van der Waals surface area contributed by atoms with Crippen LogP contribution >= 0.6 is 11.6 Å². The molecule has 1 heterocycles. The number of nitrogens with zero attached hydrogens (tertiary/aromatic N) is 2. The van der Waals surface area contributed by atoms with Crippen LogP contribution in [-0.4, -0.2) is 26.7 Å². The summed E-state index contributed by atoms with van der Waals surface area (Å²) >= 11 is 5.79. The highest BCUT2D eigenvalue weighted by atomic mass is 35.5. The van der Waals surface area contributed by atoms with Crippen LogP contribution in [0.15, 0.2) is 24.5 Å². The molecule has 0 radical (unpaired) electrons. The number of halogens is 2. The smallest absolute Gasteiger partial charge is 0.274 e. The second kappa shape index (κ2) is 6.67. The summed E-state index contributed by atoms with van der Waals surface area (Å²) in [5, 5.41) is 12.6. The third-order valence-electron chi connectivity index (χ3n) is 5.74. The molecule has 2 fully saturated rings. The van der Waals surface area contributed by atoms with Crippen LogP contribution in [0.3, 0.4) is 0 Å². The van der Waals surface area contributed by atoms with Gasteiger partial charge >= 0.3 is 0 Å². The molecule has 26 heavy (non-hydrogen) atoms. The van der Waals surface area contributed by atoms with Gasteiger partial charge in [-0.3, -0.25) is 4.79 Å². The largest absolute Gasteiger partial charge is 0.393 e. The number of benzene rings is 1. The molecule has 0 aliphatic heterocycles. The molecule has 138 valence electrons. The second-order valence-corrected chi connectivity index (χ2v) is 7.89. The predicted molar refractivity (Wildman–Crippen MR) is 96.8 cm³/mol. The number of carbonyl (C=O) groups excluding carboxylic acids is 1. The molecule has 2 saturated carbocycles. The molecule has 2 unspecified atom stereocenters. The molecule has 7 heteroatoms. The Kier molecular flexibility index (Phi) is 4.49. The van der Waals surface area contributed by atoms with Crippen molar-refractivity contribution in [1.82, 2.24) is 9.55 Å². The Morgan fingerprint density at radius 2 is 2.00 bits per heavy atom. The summed E-state index contributed by atoms with van der Waals surface area (Å²) in [6, 6.07) is 4.11. The van der Waals surface area contributed by atoms with Crippen molar-refractivity contribution in [1.29, 1.82) is 0 Å². The number of hydrogen-bond acceptors (Lipinski definition) is 3. The number of imidazole rings is 1. The zero-order chi connectivity index (χ0) is 18.4. The fourth-order valence-corrected chi connectivity index (χ4v) is 4.78. The van der Waals surface area contributed by atoms with Crippen molar-refractivity contribution in [2.45, 2.75) is 37.7 Å². The van der Waals surface area contributed by atoms with Gasteiger partial charge in [0.1, 0.15) is 11.5 Å². The summed E-state index contributed by atoms with van der Waals surface area (Å²) < 4.78 is 15.0. The number of nitrogens with one attached hydrogen (secondary N) is 1. The van der Waals surface area contributed by atoms with E-state index in [1.165, 1.54) is 18.2 Å². The Balaban J connectivity index is 1.55. The Morgan fingerprint density at radius 1 is 1.31 bits per heavy atom. The van der Waals surface area contributed by atoms with Gasteiger partial charge in [0.15, 0.2) is 0 Å². The van der Waals surface area contributed by atoms with E-state index >= 15 is 0 Å². The maximum absolute atomic E-state index is 13.3. The molecule has 1 amide bonds. The zero-order valence-electron chi connectivity index (χ0n) is 14.5. The van der Waals surface area contributed by atoms with Crippen LogP contribution in [0.2, 0.25) is 5.02 Å². The number of fused-ring (bicyclic) bond motifs is 1. The average molecular weight is 378 g/mol. The Hall–Kier alpha value is -1.92. The topological polar surface area (TPSA) is 67.1 Å². The van der Waals surface area contributed by atoms with E-state index in [0.29, 0.717) is 23.2 Å².